The van der Waals surface area contributed by atoms with Crippen molar-refractivity contribution in [2.24, 2.45) is 5.92 Å². The molecule has 0 bridgehead atoms. The lowest BCUT2D eigenvalue weighted by molar-refractivity contribution is 0.170. The van der Waals surface area contributed by atoms with Crippen LogP contribution in [-0.2, 0) is 6.54 Å². The number of hydrogen-bond donors (Lipinski definition) is 1. The summed E-state index contributed by atoms with van der Waals surface area (Å²) in [5, 5.41) is 3.25. The van der Waals surface area contributed by atoms with Crippen molar-refractivity contribution in [1.29, 1.82) is 0 Å². The third-order valence-corrected chi connectivity index (χ3v) is 4.00. The summed E-state index contributed by atoms with van der Waals surface area (Å²) >= 11 is 0. The highest BCUT2D eigenvalue weighted by Crippen LogP contribution is 2.21. The summed E-state index contributed by atoms with van der Waals surface area (Å²) in [6, 6.07) is 4.17. The minimum atomic E-state index is 0.915. The van der Waals surface area contributed by atoms with Gasteiger partial charge in [0.2, 0.25) is 0 Å². The van der Waals surface area contributed by atoms with Crippen molar-refractivity contribution in [2.45, 2.75) is 32.7 Å². The fourth-order valence-corrected chi connectivity index (χ4v) is 2.68. The maximum atomic E-state index is 4.49. The first kappa shape index (κ1) is 13.5. The lowest BCUT2D eigenvalue weighted by Crippen LogP contribution is -2.34. The summed E-state index contributed by atoms with van der Waals surface area (Å²) in [4.78, 5) is 7.04. The van der Waals surface area contributed by atoms with Gasteiger partial charge in [0.15, 0.2) is 0 Å². The molecule has 1 aromatic rings. The number of pyridine rings is 1. The van der Waals surface area contributed by atoms with Gasteiger partial charge >= 0.3 is 0 Å². The average Bonchev–Trinajstić information content (AvgIpc) is 2.41. The lowest BCUT2D eigenvalue weighted by Gasteiger charge is -2.32. The normalized spacial score (nSPS) is 18.1. The zero-order chi connectivity index (χ0) is 12.8. The number of rotatable bonds is 5. The van der Waals surface area contributed by atoms with Crippen LogP contribution in [0.25, 0.3) is 0 Å². The van der Waals surface area contributed by atoms with E-state index in [9.17, 15) is 0 Å². The van der Waals surface area contributed by atoms with Crippen LogP contribution in [0.15, 0.2) is 18.3 Å². The zero-order valence-corrected chi connectivity index (χ0v) is 11.7. The van der Waals surface area contributed by atoms with Crippen LogP contribution in [0.2, 0.25) is 0 Å². The molecule has 1 fully saturated rings. The number of aryl methyl sites for hydroxylation is 1. The van der Waals surface area contributed by atoms with Crippen LogP contribution in [0.1, 0.15) is 30.5 Å². The fourth-order valence-electron chi connectivity index (χ4n) is 2.68. The van der Waals surface area contributed by atoms with E-state index in [2.05, 4.69) is 28.2 Å². The summed E-state index contributed by atoms with van der Waals surface area (Å²) in [6.45, 7) is 6.78. The Morgan fingerprint density at radius 1 is 1.39 bits per heavy atom. The van der Waals surface area contributed by atoms with Crippen LogP contribution in [0.5, 0.6) is 0 Å². The summed E-state index contributed by atoms with van der Waals surface area (Å²) in [5.74, 6) is 0.915. The molecule has 1 aliphatic rings. The summed E-state index contributed by atoms with van der Waals surface area (Å²) in [6.07, 6.45) is 5.91. The average molecular weight is 247 g/mol. The first-order valence-electron chi connectivity index (χ1n) is 7.07. The predicted octanol–water partition coefficient (Wildman–Crippen LogP) is 2.21. The molecular formula is C15H25N3. The van der Waals surface area contributed by atoms with Crippen LogP contribution < -0.4 is 5.32 Å². The van der Waals surface area contributed by atoms with Crippen molar-refractivity contribution in [3.8, 4) is 0 Å². The van der Waals surface area contributed by atoms with Crippen molar-refractivity contribution in [1.82, 2.24) is 15.2 Å². The summed E-state index contributed by atoms with van der Waals surface area (Å²) < 4.78 is 0. The molecule has 0 atom stereocenters. The van der Waals surface area contributed by atoms with Crippen molar-refractivity contribution in [3.05, 3.63) is 29.6 Å². The van der Waals surface area contributed by atoms with Gasteiger partial charge in [-0.2, -0.15) is 0 Å². The van der Waals surface area contributed by atoms with Crippen molar-refractivity contribution in [3.63, 3.8) is 0 Å². The first-order chi connectivity index (χ1) is 8.79. The second-order valence-corrected chi connectivity index (χ2v) is 5.38. The second-order valence-electron chi connectivity index (χ2n) is 5.38. The third kappa shape index (κ3) is 3.79. The predicted molar refractivity (Wildman–Crippen MR) is 75.5 cm³/mol. The van der Waals surface area contributed by atoms with Crippen LogP contribution in [-0.4, -0.2) is 36.6 Å². The highest BCUT2D eigenvalue weighted by atomic mass is 15.1. The maximum absolute atomic E-state index is 4.49. The van der Waals surface area contributed by atoms with Crippen LogP contribution in [0.3, 0.4) is 0 Å². The smallest absolute Gasteiger partial charge is 0.0573 e. The van der Waals surface area contributed by atoms with E-state index < -0.39 is 0 Å². The van der Waals surface area contributed by atoms with Crippen molar-refractivity contribution >= 4 is 0 Å². The quantitative estimate of drug-likeness (QED) is 0.864. The monoisotopic (exact) mass is 247 g/mol. The molecule has 0 aromatic carbocycles. The Labute approximate surface area is 111 Å². The fraction of sp³-hybridized carbons (Fsp3) is 0.667. The van der Waals surface area contributed by atoms with Gasteiger partial charge < -0.3 is 5.32 Å². The van der Waals surface area contributed by atoms with Crippen LogP contribution in [0.4, 0.5) is 0 Å². The SMILES string of the molecule is CNCCC1CCN(Cc2ncccc2C)CC1. The van der Waals surface area contributed by atoms with E-state index in [1.165, 1.54) is 43.6 Å². The Morgan fingerprint density at radius 3 is 2.83 bits per heavy atom. The molecular weight excluding hydrogens is 222 g/mol. The topological polar surface area (TPSA) is 28.2 Å². The van der Waals surface area contributed by atoms with E-state index in [0.29, 0.717) is 0 Å². The van der Waals surface area contributed by atoms with E-state index in [0.717, 1.165) is 19.0 Å². The lowest BCUT2D eigenvalue weighted by atomic mass is 9.93. The Balaban J connectivity index is 1.78. The molecule has 0 spiro atoms. The Kier molecular flexibility index (Phi) is 5.14. The van der Waals surface area contributed by atoms with Gasteiger partial charge in [-0.05, 0) is 70.4 Å². The molecule has 18 heavy (non-hydrogen) atoms. The molecule has 1 N–H and O–H groups in total. The van der Waals surface area contributed by atoms with E-state index in [4.69, 9.17) is 0 Å². The van der Waals surface area contributed by atoms with E-state index in [-0.39, 0.29) is 0 Å². The van der Waals surface area contributed by atoms with Gasteiger partial charge in [-0.15, -0.1) is 0 Å². The minimum absolute atomic E-state index is 0.915. The van der Waals surface area contributed by atoms with Gasteiger partial charge in [-0.25, -0.2) is 0 Å². The van der Waals surface area contributed by atoms with Gasteiger partial charge in [0, 0.05) is 12.7 Å². The number of likely N-dealkylation sites (tertiary alicyclic amines) is 1. The summed E-state index contributed by atoms with van der Waals surface area (Å²) in [7, 11) is 2.04. The van der Waals surface area contributed by atoms with Gasteiger partial charge in [0.05, 0.1) is 5.69 Å². The molecule has 0 saturated carbocycles. The largest absolute Gasteiger partial charge is 0.320 e. The molecule has 2 rings (SSSR count). The zero-order valence-electron chi connectivity index (χ0n) is 11.7. The molecule has 2 heterocycles. The number of hydrogen-bond acceptors (Lipinski definition) is 3. The van der Waals surface area contributed by atoms with Crippen LogP contribution >= 0.6 is 0 Å². The van der Waals surface area contributed by atoms with Crippen molar-refractivity contribution < 1.29 is 0 Å². The molecule has 0 radical (unpaired) electrons. The number of aromatic nitrogens is 1. The highest BCUT2D eigenvalue weighted by molar-refractivity contribution is 5.17. The number of nitrogens with zero attached hydrogens (tertiary/aromatic N) is 2. The Bertz CT molecular complexity index is 357. The van der Waals surface area contributed by atoms with Crippen molar-refractivity contribution in [2.75, 3.05) is 26.7 Å². The Hall–Kier alpha value is -0.930. The van der Waals surface area contributed by atoms with E-state index in [1.54, 1.807) is 0 Å². The van der Waals surface area contributed by atoms with Gasteiger partial charge in [0.1, 0.15) is 0 Å². The van der Waals surface area contributed by atoms with Gasteiger partial charge in [0.25, 0.3) is 0 Å². The minimum Gasteiger partial charge on any atom is -0.320 e. The first-order valence-corrected chi connectivity index (χ1v) is 7.07. The van der Waals surface area contributed by atoms with Gasteiger partial charge in [-0.3, -0.25) is 9.88 Å². The molecule has 100 valence electrons. The molecule has 0 amide bonds. The second kappa shape index (κ2) is 6.86. The van der Waals surface area contributed by atoms with E-state index in [1.807, 2.05) is 19.3 Å². The molecule has 0 aliphatic carbocycles. The molecule has 0 unspecified atom stereocenters. The van der Waals surface area contributed by atoms with E-state index >= 15 is 0 Å². The molecule has 1 aliphatic heterocycles. The summed E-state index contributed by atoms with van der Waals surface area (Å²) in [5.41, 5.74) is 2.56. The van der Waals surface area contributed by atoms with Crippen LogP contribution in [0, 0.1) is 12.8 Å². The standard InChI is InChI=1S/C15H25N3/c1-13-4-3-8-17-15(13)12-18-10-6-14(7-11-18)5-9-16-2/h3-4,8,14,16H,5-7,9-12H2,1-2H3. The molecule has 1 aromatic heterocycles. The molecule has 3 nitrogen and oxygen atoms in total. The molecule has 3 heteroatoms. The number of piperidine rings is 1. The van der Waals surface area contributed by atoms with Gasteiger partial charge in [-0.1, -0.05) is 6.07 Å². The molecule has 1 saturated heterocycles. The number of nitrogens with one attached hydrogen (secondary N) is 1. The highest BCUT2D eigenvalue weighted by Gasteiger charge is 2.19. The maximum Gasteiger partial charge on any atom is 0.0573 e. The third-order valence-electron chi connectivity index (χ3n) is 4.00. The Morgan fingerprint density at radius 2 is 2.17 bits per heavy atom.